The summed E-state index contributed by atoms with van der Waals surface area (Å²) in [6, 6.07) is 15.1. The van der Waals surface area contributed by atoms with Gasteiger partial charge in [-0.1, -0.05) is 30.3 Å². The SMILES string of the molecule is Cc1ccc(C)c(S(=O)(=O)N2CCC3(CCN(C(=O)c4nn(-c5ccccc5)nc4C)C3)CC2)c1. The van der Waals surface area contributed by atoms with E-state index in [2.05, 4.69) is 10.2 Å². The number of carbonyl (C=O) groups is 1. The van der Waals surface area contributed by atoms with Gasteiger partial charge < -0.3 is 4.90 Å². The summed E-state index contributed by atoms with van der Waals surface area (Å²) in [6.45, 7) is 7.78. The number of sulfonamides is 1. The summed E-state index contributed by atoms with van der Waals surface area (Å²) in [5.41, 5.74) is 3.45. The van der Waals surface area contributed by atoms with Crippen molar-refractivity contribution in [2.75, 3.05) is 26.2 Å². The molecule has 0 saturated carbocycles. The zero-order valence-corrected chi connectivity index (χ0v) is 21.3. The summed E-state index contributed by atoms with van der Waals surface area (Å²) in [5, 5.41) is 8.92. The number of likely N-dealkylation sites (tertiary alicyclic amines) is 1. The highest BCUT2D eigenvalue weighted by atomic mass is 32.2. The Balaban J connectivity index is 1.27. The van der Waals surface area contributed by atoms with Gasteiger partial charge in [0.15, 0.2) is 5.69 Å². The molecule has 5 rings (SSSR count). The Bertz CT molecular complexity index is 1360. The van der Waals surface area contributed by atoms with Crippen molar-refractivity contribution in [2.24, 2.45) is 5.41 Å². The fourth-order valence-corrected chi connectivity index (χ4v) is 7.00. The maximum absolute atomic E-state index is 13.3. The normalized spacial score (nSPS) is 18.3. The van der Waals surface area contributed by atoms with Crippen molar-refractivity contribution in [3.8, 4) is 5.69 Å². The van der Waals surface area contributed by atoms with Gasteiger partial charge in [-0.25, -0.2) is 8.42 Å². The van der Waals surface area contributed by atoms with Crippen molar-refractivity contribution in [3.63, 3.8) is 0 Å². The van der Waals surface area contributed by atoms with E-state index in [9.17, 15) is 13.2 Å². The number of aromatic nitrogens is 3. The van der Waals surface area contributed by atoms with Gasteiger partial charge in [-0.15, -0.1) is 5.10 Å². The Labute approximate surface area is 206 Å². The third kappa shape index (κ3) is 4.38. The Morgan fingerprint density at radius 3 is 2.31 bits per heavy atom. The van der Waals surface area contributed by atoms with E-state index >= 15 is 0 Å². The van der Waals surface area contributed by atoms with Gasteiger partial charge >= 0.3 is 0 Å². The standard InChI is InChI=1S/C26H31N5O3S/c1-19-9-10-20(2)23(17-19)35(33,34)30-15-12-26(13-16-30)11-14-29(18-26)25(32)24-21(3)27-31(28-24)22-7-5-4-6-8-22/h4-10,17H,11-16,18H2,1-3H3. The van der Waals surface area contributed by atoms with Gasteiger partial charge in [0.05, 0.1) is 16.3 Å². The minimum absolute atomic E-state index is 0.0490. The van der Waals surface area contributed by atoms with Crippen LogP contribution >= 0.6 is 0 Å². The molecule has 2 fully saturated rings. The number of hydrogen-bond donors (Lipinski definition) is 0. The molecule has 0 atom stereocenters. The maximum Gasteiger partial charge on any atom is 0.276 e. The summed E-state index contributed by atoms with van der Waals surface area (Å²) in [5.74, 6) is -0.105. The predicted octanol–water partition coefficient (Wildman–Crippen LogP) is 3.51. The van der Waals surface area contributed by atoms with Gasteiger partial charge in [0, 0.05) is 26.2 Å². The zero-order chi connectivity index (χ0) is 24.8. The molecule has 2 aromatic carbocycles. The van der Waals surface area contributed by atoms with Crippen LogP contribution in [0.25, 0.3) is 5.69 Å². The molecule has 3 aromatic rings. The maximum atomic E-state index is 13.3. The average Bonchev–Trinajstić information content (AvgIpc) is 3.45. The summed E-state index contributed by atoms with van der Waals surface area (Å²) in [7, 11) is -3.53. The van der Waals surface area contributed by atoms with E-state index in [0.29, 0.717) is 42.5 Å². The molecule has 8 nitrogen and oxygen atoms in total. The van der Waals surface area contributed by atoms with Crippen LogP contribution in [0.4, 0.5) is 0 Å². The van der Waals surface area contributed by atoms with Gasteiger partial charge in [0.2, 0.25) is 10.0 Å². The van der Waals surface area contributed by atoms with Crippen molar-refractivity contribution >= 4 is 15.9 Å². The number of benzene rings is 2. The molecular formula is C26H31N5O3S. The molecule has 1 amide bonds. The van der Waals surface area contributed by atoms with Gasteiger partial charge in [-0.05, 0) is 74.8 Å². The number of nitrogens with zero attached hydrogens (tertiary/aromatic N) is 5. The highest BCUT2D eigenvalue weighted by Gasteiger charge is 2.45. The Morgan fingerprint density at radius 1 is 0.914 bits per heavy atom. The van der Waals surface area contributed by atoms with Crippen molar-refractivity contribution in [2.45, 2.75) is 44.9 Å². The molecule has 2 saturated heterocycles. The van der Waals surface area contributed by atoms with Crippen molar-refractivity contribution in [3.05, 3.63) is 71.0 Å². The highest BCUT2D eigenvalue weighted by molar-refractivity contribution is 7.89. The second-order valence-corrected chi connectivity index (χ2v) is 11.8. The minimum Gasteiger partial charge on any atom is -0.337 e. The Kier molecular flexibility index (Phi) is 6.01. The first-order chi connectivity index (χ1) is 16.7. The first kappa shape index (κ1) is 23.7. The molecular weight excluding hydrogens is 462 g/mol. The smallest absolute Gasteiger partial charge is 0.276 e. The van der Waals surface area contributed by atoms with Crippen molar-refractivity contribution in [1.29, 1.82) is 0 Å². The third-order valence-corrected chi connectivity index (χ3v) is 9.48. The summed E-state index contributed by atoms with van der Waals surface area (Å²) < 4.78 is 28.3. The van der Waals surface area contributed by atoms with Crippen LogP contribution in [0, 0.1) is 26.2 Å². The first-order valence-electron chi connectivity index (χ1n) is 12.0. The summed E-state index contributed by atoms with van der Waals surface area (Å²) >= 11 is 0. The van der Waals surface area contributed by atoms with E-state index in [1.165, 1.54) is 4.80 Å². The number of piperidine rings is 1. The fraction of sp³-hybridized carbons (Fsp3) is 0.423. The molecule has 1 spiro atoms. The van der Waals surface area contributed by atoms with Crippen LogP contribution in [0.3, 0.4) is 0 Å². The molecule has 9 heteroatoms. The second-order valence-electron chi connectivity index (χ2n) is 9.91. The van der Waals surface area contributed by atoms with Crippen LogP contribution in [0.2, 0.25) is 0 Å². The fourth-order valence-electron chi connectivity index (χ4n) is 5.24. The zero-order valence-electron chi connectivity index (χ0n) is 20.4. The van der Waals surface area contributed by atoms with Crippen LogP contribution in [-0.4, -0.2) is 64.7 Å². The number of carbonyl (C=O) groups excluding carboxylic acids is 1. The molecule has 2 aliphatic heterocycles. The molecule has 35 heavy (non-hydrogen) atoms. The lowest BCUT2D eigenvalue weighted by Crippen LogP contribution is -2.44. The van der Waals surface area contributed by atoms with Crippen LogP contribution in [0.15, 0.2) is 53.4 Å². The van der Waals surface area contributed by atoms with Crippen molar-refractivity contribution in [1.82, 2.24) is 24.2 Å². The highest BCUT2D eigenvalue weighted by Crippen LogP contribution is 2.42. The van der Waals surface area contributed by atoms with Crippen LogP contribution in [-0.2, 0) is 10.0 Å². The largest absolute Gasteiger partial charge is 0.337 e. The van der Waals surface area contributed by atoms with Gasteiger partial charge in [-0.2, -0.15) is 14.2 Å². The lowest BCUT2D eigenvalue weighted by molar-refractivity contribution is 0.0743. The number of amides is 1. The van der Waals surface area contributed by atoms with Gasteiger partial charge in [0.25, 0.3) is 5.91 Å². The average molecular weight is 494 g/mol. The molecule has 2 aliphatic rings. The predicted molar refractivity (Wildman–Crippen MR) is 133 cm³/mol. The number of hydrogen-bond acceptors (Lipinski definition) is 5. The van der Waals surface area contributed by atoms with Crippen LogP contribution in [0.1, 0.15) is 46.6 Å². The number of aryl methyl sites for hydroxylation is 3. The topological polar surface area (TPSA) is 88.4 Å². The first-order valence-corrected chi connectivity index (χ1v) is 13.5. The lowest BCUT2D eigenvalue weighted by Gasteiger charge is -2.38. The van der Waals surface area contributed by atoms with Crippen LogP contribution < -0.4 is 0 Å². The monoisotopic (exact) mass is 493 g/mol. The van der Waals surface area contributed by atoms with E-state index in [4.69, 9.17) is 0 Å². The van der Waals surface area contributed by atoms with E-state index in [-0.39, 0.29) is 11.3 Å². The molecule has 0 unspecified atom stereocenters. The van der Waals surface area contributed by atoms with E-state index in [0.717, 1.165) is 36.1 Å². The number of para-hydroxylation sites is 1. The van der Waals surface area contributed by atoms with E-state index < -0.39 is 10.0 Å². The minimum atomic E-state index is -3.53. The molecule has 184 valence electrons. The summed E-state index contributed by atoms with van der Waals surface area (Å²) in [4.78, 5) is 17.1. The molecule has 3 heterocycles. The number of rotatable bonds is 4. The van der Waals surface area contributed by atoms with E-state index in [1.54, 1.807) is 10.4 Å². The Morgan fingerprint density at radius 2 is 1.60 bits per heavy atom. The molecule has 0 aliphatic carbocycles. The van der Waals surface area contributed by atoms with Gasteiger partial charge in [-0.3, -0.25) is 4.79 Å². The van der Waals surface area contributed by atoms with Crippen LogP contribution in [0.5, 0.6) is 0 Å². The van der Waals surface area contributed by atoms with Crippen molar-refractivity contribution < 1.29 is 13.2 Å². The molecule has 0 radical (unpaired) electrons. The molecule has 0 N–H and O–H groups in total. The lowest BCUT2D eigenvalue weighted by atomic mass is 9.78. The molecule has 1 aromatic heterocycles. The summed E-state index contributed by atoms with van der Waals surface area (Å²) in [6.07, 6.45) is 2.37. The van der Waals surface area contributed by atoms with E-state index in [1.807, 2.05) is 68.1 Å². The second kappa shape index (κ2) is 8.87. The molecule has 0 bridgehead atoms. The Hall–Kier alpha value is -3.04. The quantitative estimate of drug-likeness (QED) is 0.555. The third-order valence-electron chi connectivity index (χ3n) is 7.44. The van der Waals surface area contributed by atoms with Gasteiger partial charge in [0.1, 0.15) is 0 Å².